The van der Waals surface area contributed by atoms with Gasteiger partial charge in [0.1, 0.15) is 11.8 Å². The zero-order valence-corrected chi connectivity index (χ0v) is 15.1. The van der Waals surface area contributed by atoms with E-state index in [1.165, 1.54) is 0 Å². The van der Waals surface area contributed by atoms with Gasteiger partial charge in [-0.05, 0) is 42.6 Å². The number of carbonyl (C=O) groups excluding carboxylic acids is 1. The number of hydrogen-bond acceptors (Lipinski definition) is 5. The molecule has 0 bridgehead atoms. The Bertz CT molecular complexity index is 643. The Balaban J connectivity index is 2.42. The van der Waals surface area contributed by atoms with Gasteiger partial charge in [-0.1, -0.05) is 31.3 Å². The number of methoxy groups -OCH3 is 1. The molecular formula is C18H26N4O3. The van der Waals surface area contributed by atoms with Crippen molar-refractivity contribution in [3.63, 3.8) is 0 Å². The Hall–Kier alpha value is -2.40. The molecule has 1 N–H and O–H groups in total. The maximum atomic E-state index is 12.5. The summed E-state index contributed by atoms with van der Waals surface area (Å²) in [5.41, 5.74) is 10.7. The lowest BCUT2D eigenvalue weighted by Gasteiger charge is -2.37. The molecule has 7 nitrogen and oxygen atoms in total. The van der Waals surface area contributed by atoms with Crippen molar-refractivity contribution in [1.29, 1.82) is 0 Å². The van der Waals surface area contributed by atoms with E-state index in [0.29, 0.717) is 12.4 Å². The Morgan fingerprint density at radius 3 is 2.80 bits per heavy atom. The number of carbonyl (C=O) groups is 1. The van der Waals surface area contributed by atoms with Crippen molar-refractivity contribution in [2.45, 2.75) is 51.6 Å². The van der Waals surface area contributed by atoms with Crippen LogP contribution in [0.2, 0.25) is 0 Å². The van der Waals surface area contributed by atoms with Gasteiger partial charge >= 0.3 is 5.97 Å². The number of hydrogen-bond donors (Lipinski definition) is 1. The largest absolute Gasteiger partial charge is 0.497 e. The molecule has 0 aliphatic carbocycles. The summed E-state index contributed by atoms with van der Waals surface area (Å²) < 4.78 is 10.5. The summed E-state index contributed by atoms with van der Waals surface area (Å²) in [6, 6.07) is 4.59. The van der Waals surface area contributed by atoms with Crippen LogP contribution in [-0.4, -0.2) is 25.7 Å². The molecule has 25 heavy (non-hydrogen) atoms. The van der Waals surface area contributed by atoms with Crippen molar-refractivity contribution < 1.29 is 14.3 Å². The highest BCUT2D eigenvalue weighted by Gasteiger charge is 2.40. The number of nitrogens with one attached hydrogen (secondary N) is 1. The fourth-order valence-corrected chi connectivity index (χ4v) is 3.36. The van der Waals surface area contributed by atoms with Crippen LogP contribution in [0.4, 0.5) is 5.69 Å². The van der Waals surface area contributed by atoms with Crippen molar-refractivity contribution >= 4 is 11.7 Å². The third-order valence-corrected chi connectivity index (χ3v) is 4.58. The second-order valence-corrected chi connectivity index (χ2v) is 6.14. The van der Waals surface area contributed by atoms with Crippen molar-refractivity contribution in [1.82, 2.24) is 0 Å². The standard InChI is InChI=1S/C18H26N4O3/c1-4-6-7-8-13-16(21-22-19)14-11-12(24-3)9-10-15(14)20-17(13)18(23)25-5-2/h9-11,13,16-17,20H,4-8H2,1-3H3/t13-,16-,17+/m1/s1. The van der Waals surface area contributed by atoms with Gasteiger partial charge < -0.3 is 14.8 Å². The van der Waals surface area contributed by atoms with Crippen LogP contribution in [0.25, 0.3) is 10.4 Å². The van der Waals surface area contributed by atoms with Gasteiger partial charge in [-0.3, -0.25) is 0 Å². The molecule has 1 aliphatic rings. The van der Waals surface area contributed by atoms with Crippen LogP contribution in [0.15, 0.2) is 23.3 Å². The highest BCUT2D eigenvalue weighted by Crippen LogP contribution is 2.43. The van der Waals surface area contributed by atoms with Crippen molar-refractivity contribution in [2.75, 3.05) is 19.0 Å². The predicted molar refractivity (Wildman–Crippen MR) is 96.6 cm³/mol. The molecule has 136 valence electrons. The Kier molecular flexibility index (Phi) is 6.95. The third-order valence-electron chi connectivity index (χ3n) is 4.58. The molecular weight excluding hydrogens is 320 g/mol. The normalized spacial score (nSPS) is 21.5. The van der Waals surface area contributed by atoms with Gasteiger partial charge in [-0.15, -0.1) is 0 Å². The van der Waals surface area contributed by atoms with Crippen LogP contribution >= 0.6 is 0 Å². The molecule has 0 spiro atoms. The van der Waals surface area contributed by atoms with Gasteiger partial charge in [0.15, 0.2) is 0 Å². The number of esters is 1. The summed E-state index contributed by atoms with van der Waals surface area (Å²) in [5.74, 6) is 0.241. The first-order valence-electron chi connectivity index (χ1n) is 8.81. The molecule has 0 saturated heterocycles. The van der Waals surface area contributed by atoms with Crippen LogP contribution in [0.3, 0.4) is 0 Å². The van der Waals surface area contributed by atoms with Crippen LogP contribution in [0.5, 0.6) is 5.75 Å². The number of unbranched alkanes of at least 4 members (excludes halogenated alkanes) is 2. The molecule has 0 amide bonds. The molecule has 0 radical (unpaired) electrons. The fraction of sp³-hybridized carbons (Fsp3) is 0.611. The lowest BCUT2D eigenvalue weighted by atomic mass is 9.79. The van der Waals surface area contributed by atoms with Gasteiger partial charge in [-0.25, -0.2) is 4.79 Å². The van der Waals surface area contributed by atoms with Gasteiger partial charge in [0.05, 0.1) is 19.8 Å². The third kappa shape index (κ3) is 4.37. The number of fused-ring (bicyclic) bond motifs is 1. The lowest BCUT2D eigenvalue weighted by Crippen LogP contribution is -2.44. The zero-order valence-electron chi connectivity index (χ0n) is 15.1. The SMILES string of the molecule is CCCCC[C@H]1[C@@H](C(=O)OCC)Nc2ccc(OC)cc2[C@@H]1N=[N+]=[N-]. The maximum absolute atomic E-state index is 12.5. The van der Waals surface area contributed by atoms with Crippen molar-refractivity contribution in [3.8, 4) is 5.75 Å². The Morgan fingerprint density at radius 2 is 2.16 bits per heavy atom. The summed E-state index contributed by atoms with van der Waals surface area (Å²) in [4.78, 5) is 15.5. The lowest BCUT2D eigenvalue weighted by molar-refractivity contribution is -0.145. The number of azide groups is 1. The molecule has 1 aliphatic heterocycles. The first-order chi connectivity index (χ1) is 12.2. The predicted octanol–water partition coefficient (Wildman–Crippen LogP) is 4.60. The van der Waals surface area contributed by atoms with E-state index in [-0.39, 0.29) is 11.9 Å². The first-order valence-corrected chi connectivity index (χ1v) is 8.81. The topological polar surface area (TPSA) is 96.3 Å². The monoisotopic (exact) mass is 346 g/mol. The van der Waals surface area contributed by atoms with E-state index in [1.54, 1.807) is 14.0 Å². The average Bonchev–Trinajstić information content (AvgIpc) is 2.62. The van der Waals surface area contributed by atoms with Crippen LogP contribution in [0.1, 0.15) is 51.1 Å². The van der Waals surface area contributed by atoms with E-state index in [4.69, 9.17) is 15.0 Å². The summed E-state index contributed by atoms with van der Waals surface area (Å²) in [6.45, 7) is 4.24. The second kappa shape index (κ2) is 9.18. The van der Waals surface area contributed by atoms with Crippen LogP contribution < -0.4 is 10.1 Å². The molecule has 1 heterocycles. The smallest absolute Gasteiger partial charge is 0.328 e. The molecule has 1 aromatic carbocycles. The number of nitrogens with zero attached hydrogens (tertiary/aromatic N) is 3. The van der Waals surface area contributed by atoms with E-state index in [2.05, 4.69) is 22.3 Å². The minimum atomic E-state index is -0.520. The molecule has 1 aromatic rings. The second-order valence-electron chi connectivity index (χ2n) is 6.14. The number of anilines is 1. The van der Waals surface area contributed by atoms with E-state index in [1.807, 2.05) is 18.2 Å². The summed E-state index contributed by atoms with van der Waals surface area (Å²) >= 11 is 0. The van der Waals surface area contributed by atoms with E-state index in [9.17, 15) is 4.79 Å². The first kappa shape index (κ1) is 18.9. The van der Waals surface area contributed by atoms with Gasteiger partial charge in [-0.2, -0.15) is 0 Å². The van der Waals surface area contributed by atoms with Gasteiger partial charge in [0.2, 0.25) is 0 Å². The fourth-order valence-electron chi connectivity index (χ4n) is 3.36. The molecule has 0 aromatic heterocycles. The van der Waals surface area contributed by atoms with Crippen molar-refractivity contribution in [3.05, 3.63) is 34.2 Å². The molecule has 0 unspecified atom stereocenters. The van der Waals surface area contributed by atoms with Gasteiger partial charge in [0, 0.05) is 16.5 Å². The average molecular weight is 346 g/mol. The molecule has 0 fully saturated rings. The van der Waals surface area contributed by atoms with E-state index < -0.39 is 12.1 Å². The maximum Gasteiger partial charge on any atom is 0.328 e. The molecule has 0 saturated carbocycles. The minimum absolute atomic E-state index is 0.152. The summed E-state index contributed by atoms with van der Waals surface area (Å²) in [7, 11) is 1.60. The van der Waals surface area contributed by atoms with Crippen molar-refractivity contribution in [2.24, 2.45) is 11.0 Å². The number of ether oxygens (including phenoxy) is 2. The number of rotatable bonds is 8. The van der Waals surface area contributed by atoms with Gasteiger partial charge in [0.25, 0.3) is 0 Å². The highest BCUT2D eigenvalue weighted by molar-refractivity contribution is 5.81. The number of benzene rings is 1. The molecule has 7 heteroatoms. The van der Waals surface area contributed by atoms with E-state index in [0.717, 1.165) is 36.9 Å². The summed E-state index contributed by atoms with van der Waals surface area (Å²) in [5, 5.41) is 7.32. The van der Waals surface area contributed by atoms with Crippen LogP contribution in [-0.2, 0) is 9.53 Å². The highest BCUT2D eigenvalue weighted by atomic mass is 16.5. The summed E-state index contributed by atoms with van der Waals surface area (Å²) in [6.07, 6.45) is 3.90. The quantitative estimate of drug-likeness (QED) is 0.244. The Labute approximate surface area is 148 Å². The zero-order chi connectivity index (χ0) is 18.2. The van der Waals surface area contributed by atoms with Crippen LogP contribution in [0, 0.1) is 5.92 Å². The molecule has 2 rings (SSSR count). The Morgan fingerprint density at radius 1 is 1.36 bits per heavy atom. The molecule has 3 atom stereocenters. The minimum Gasteiger partial charge on any atom is -0.497 e. The van der Waals surface area contributed by atoms with E-state index >= 15 is 0 Å².